The van der Waals surface area contributed by atoms with E-state index in [-0.39, 0.29) is 24.2 Å². The fourth-order valence-corrected chi connectivity index (χ4v) is 2.81. The molecule has 0 saturated heterocycles. The number of nitrogens with zero attached hydrogens (tertiary/aromatic N) is 2. The largest absolute Gasteiger partial charge is 0.334 e. The number of rotatable bonds is 2. The van der Waals surface area contributed by atoms with Crippen LogP contribution < -0.4 is 9.80 Å². The van der Waals surface area contributed by atoms with Crippen molar-refractivity contribution in [2.45, 2.75) is 19.9 Å². The molecule has 4 heteroatoms. The van der Waals surface area contributed by atoms with Gasteiger partial charge >= 0.3 is 0 Å². The average molecular weight is 293 g/mol. The minimum atomic E-state index is -0.221. The number of amides is 1. The van der Waals surface area contributed by atoms with Gasteiger partial charge in [-0.2, -0.15) is 0 Å². The molecule has 1 N–H and O–H groups in total. The van der Waals surface area contributed by atoms with E-state index in [1.54, 1.807) is 4.90 Å². The lowest BCUT2D eigenvalue weighted by molar-refractivity contribution is -0.112. The Hall–Kier alpha value is -2.62. The van der Waals surface area contributed by atoms with Crippen LogP contribution in [0.15, 0.2) is 54.6 Å². The lowest BCUT2D eigenvalue weighted by atomic mass is 10.2. The van der Waals surface area contributed by atoms with Crippen molar-refractivity contribution in [2.24, 2.45) is 0 Å². The molecular weight excluding hydrogens is 274 g/mol. The Balaban J connectivity index is 2.19. The van der Waals surface area contributed by atoms with E-state index in [4.69, 9.17) is 5.41 Å². The molecule has 1 heterocycles. The summed E-state index contributed by atoms with van der Waals surface area (Å²) in [5, 5.41) is 8.18. The van der Waals surface area contributed by atoms with Gasteiger partial charge in [0.25, 0.3) is 5.91 Å². The highest BCUT2D eigenvalue weighted by atomic mass is 16.2. The van der Waals surface area contributed by atoms with Gasteiger partial charge in [-0.15, -0.1) is 0 Å². The molecule has 1 amide bonds. The molecule has 0 saturated carbocycles. The van der Waals surface area contributed by atoms with Gasteiger partial charge < -0.3 is 9.80 Å². The molecule has 4 nitrogen and oxygen atoms in total. The van der Waals surface area contributed by atoms with Crippen LogP contribution in [-0.4, -0.2) is 24.2 Å². The van der Waals surface area contributed by atoms with Gasteiger partial charge in [0.15, 0.2) is 0 Å². The van der Waals surface area contributed by atoms with E-state index in [1.807, 2.05) is 73.3 Å². The Morgan fingerprint density at radius 3 is 2.18 bits per heavy atom. The second kappa shape index (κ2) is 5.64. The van der Waals surface area contributed by atoms with Crippen molar-refractivity contribution in [1.82, 2.24) is 0 Å². The van der Waals surface area contributed by atoms with Crippen LogP contribution in [0.1, 0.15) is 13.8 Å². The maximum Gasteiger partial charge on any atom is 0.274 e. The number of anilines is 3. The fourth-order valence-electron chi connectivity index (χ4n) is 2.81. The van der Waals surface area contributed by atoms with Gasteiger partial charge in [0.2, 0.25) is 0 Å². The van der Waals surface area contributed by atoms with Crippen molar-refractivity contribution in [1.29, 1.82) is 5.41 Å². The number of hydrogen-bond acceptors (Lipinski definition) is 3. The summed E-state index contributed by atoms with van der Waals surface area (Å²) in [6.45, 7) is 4.23. The zero-order valence-corrected chi connectivity index (χ0v) is 12.8. The number of para-hydroxylation sites is 3. The monoisotopic (exact) mass is 293 g/mol. The molecular formula is C18H19N3O. The van der Waals surface area contributed by atoms with E-state index in [1.165, 1.54) is 0 Å². The molecule has 0 aliphatic carbocycles. The Morgan fingerprint density at radius 2 is 1.55 bits per heavy atom. The zero-order chi connectivity index (χ0) is 15.7. The van der Waals surface area contributed by atoms with Crippen LogP contribution in [0.25, 0.3) is 0 Å². The number of nitrogens with one attached hydrogen (secondary N) is 1. The minimum Gasteiger partial charge on any atom is -0.334 e. The van der Waals surface area contributed by atoms with E-state index in [2.05, 4.69) is 0 Å². The predicted octanol–water partition coefficient (Wildman–Crippen LogP) is 3.60. The summed E-state index contributed by atoms with van der Waals surface area (Å²) in [5.74, 6) is -0.221. The molecule has 3 rings (SSSR count). The van der Waals surface area contributed by atoms with E-state index in [0.29, 0.717) is 0 Å². The van der Waals surface area contributed by atoms with Crippen LogP contribution in [0.4, 0.5) is 17.1 Å². The Morgan fingerprint density at radius 1 is 0.955 bits per heavy atom. The van der Waals surface area contributed by atoms with Crippen LogP contribution in [0.3, 0.4) is 0 Å². The summed E-state index contributed by atoms with van der Waals surface area (Å²) < 4.78 is 0. The quantitative estimate of drug-likeness (QED) is 0.919. The lowest BCUT2D eigenvalue weighted by Gasteiger charge is -2.28. The zero-order valence-electron chi connectivity index (χ0n) is 12.8. The molecule has 0 radical (unpaired) electrons. The SMILES string of the molecule is CC(C)N1C(=O)C(=N)CN(c2ccccc2)c2ccccc21. The second-order valence-electron chi connectivity index (χ2n) is 5.66. The smallest absolute Gasteiger partial charge is 0.274 e. The van der Waals surface area contributed by atoms with Gasteiger partial charge in [0, 0.05) is 11.7 Å². The van der Waals surface area contributed by atoms with Crippen LogP contribution in [0, 0.1) is 5.41 Å². The molecule has 0 unspecified atom stereocenters. The van der Waals surface area contributed by atoms with E-state index in [9.17, 15) is 4.79 Å². The number of fused-ring (bicyclic) bond motifs is 1. The third-order valence-corrected chi connectivity index (χ3v) is 3.81. The maximum atomic E-state index is 12.6. The van der Waals surface area contributed by atoms with Gasteiger partial charge in [0.1, 0.15) is 5.71 Å². The molecule has 0 aromatic heterocycles. The van der Waals surface area contributed by atoms with Gasteiger partial charge in [0.05, 0.1) is 17.9 Å². The number of benzene rings is 2. The normalized spacial score (nSPS) is 15.0. The topological polar surface area (TPSA) is 47.4 Å². The lowest BCUT2D eigenvalue weighted by Crippen LogP contribution is -2.41. The van der Waals surface area contributed by atoms with Crippen LogP contribution in [0.2, 0.25) is 0 Å². The molecule has 1 aliphatic rings. The van der Waals surface area contributed by atoms with Gasteiger partial charge in [-0.1, -0.05) is 30.3 Å². The Kier molecular flexibility index (Phi) is 3.67. The first-order chi connectivity index (χ1) is 10.6. The van der Waals surface area contributed by atoms with E-state index < -0.39 is 0 Å². The van der Waals surface area contributed by atoms with Crippen molar-refractivity contribution in [3.05, 3.63) is 54.6 Å². The molecule has 0 atom stereocenters. The molecule has 0 spiro atoms. The molecule has 2 aromatic carbocycles. The third-order valence-electron chi connectivity index (χ3n) is 3.81. The third kappa shape index (κ3) is 2.37. The van der Waals surface area contributed by atoms with Crippen LogP contribution >= 0.6 is 0 Å². The second-order valence-corrected chi connectivity index (χ2v) is 5.66. The van der Waals surface area contributed by atoms with Crippen molar-refractivity contribution in [3.63, 3.8) is 0 Å². The standard InChI is InChI=1S/C18H19N3O/c1-13(2)21-17-11-7-6-10-16(17)20(12-15(19)18(21)22)14-8-4-3-5-9-14/h3-11,13,19H,12H2,1-2H3. The minimum absolute atomic E-state index is 0.00437. The first-order valence-electron chi connectivity index (χ1n) is 7.42. The Labute approximate surface area is 130 Å². The molecule has 0 fully saturated rings. The highest BCUT2D eigenvalue weighted by Gasteiger charge is 2.31. The van der Waals surface area contributed by atoms with Crippen molar-refractivity contribution in [3.8, 4) is 0 Å². The van der Waals surface area contributed by atoms with Crippen LogP contribution in [0.5, 0.6) is 0 Å². The predicted molar refractivity (Wildman–Crippen MR) is 90.2 cm³/mol. The van der Waals surface area contributed by atoms with E-state index in [0.717, 1.165) is 17.1 Å². The number of carbonyl (C=O) groups is 1. The molecule has 112 valence electrons. The highest BCUT2D eigenvalue weighted by Crippen LogP contribution is 2.37. The van der Waals surface area contributed by atoms with Gasteiger partial charge in [-0.25, -0.2) is 0 Å². The average Bonchev–Trinajstić information content (AvgIpc) is 2.64. The first-order valence-corrected chi connectivity index (χ1v) is 7.42. The Bertz CT molecular complexity index is 709. The summed E-state index contributed by atoms with van der Waals surface area (Å²) in [4.78, 5) is 16.3. The first kappa shape index (κ1) is 14.3. The summed E-state index contributed by atoms with van der Waals surface area (Å²) in [5.41, 5.74) is 2.90. The maximum absolute atomic E-state index is 12.6. The molecule has 2 aromatic rings. The van der Waals surface area contributed by atoms with Crippen molar-refractivity contribution < 1.29 is 4.79 Å². The summed E-state index contributed by atoms with van der Waals surface area (Å²) in [7, 11) is 0. The van der Waals surface area contributed by atoms with Gasteiger partial charge in [-0.3, -0.25) is 10.2 Å². The van der Waals surface area contributed by atoms with Crippen molar-refractivity contribution >= 4 is 28.7 Å². The molecule has 22 heavy (non-hydrogen) atoms. The number of hydrogen-bond donors (Lipinski definition) is 1. The summed E-state index contributed by atoms with van der Waals surface area (Å²) >= 11 is 0. The summed E-state index contributed by atoms with van der Waals surface area (Å²) in [6, 6.07) is 17.7. The molecule has 0 bridgehead atoms. The van der Waals surface area contributed by atoms with Gasteiger partial charge in [-0.05, 0) is 38.1 Å². The highest BCUT2D eigenvalue weighted by molar-refractivity contribution is 6.45. The van der Waals surface area contributed by atoms with E-state index >= 15 is 0 Å². The van der Waals surface area contributed by atoms with Crippen LogP contribution in [-0.2, 0) is 4.79 Å². The van der Waals surface area contributed by atoms with Crippen molar-refractivity contribution in [2.75, 3.05) is 16.3 Å². The summed E-state index contributed by atoms with van der Waals surface area (Å²) in [6.07, 6.45) is 0. The molecule has 1 aliphatic heterocycles. The number of carbonyl (C=O) groups excluding carboxylic acids is 1. The fraction of sp³-hybridized carbons (Fsp3) is 0.222.